The fraction of sp³-hybridized carbons (Fsp3) is 0.625. The zero-order valence-electron chi connectivity index (χ0n) is 12.1. The van der Waals surface area contributed by atoms with Gasteiger partial charge in [-0.1, -0.05) is 32.0 Å². The Kier molecular flexibility index (Phi) is 3.96. The first-order chi connectivity index (χ1) is 8.48. The fourth-order valence-corrected chi connectivity index (χ4v) is 2.85. The third-order valence-corrected chi connectivity index (χ3v) is 3.80. The second-order valence-corrected chi connectivity index (χ2v) is 6.39. The van der Waals surface area contributed by atoms with Crippen LogP contribution in [0.4, 0.5) is 5.69 Å². The van der Waals surface area contributed by atoms with E-state index in [4.69, 9.17) is 0 Å². The van der Waals surface area contributed by atoms with Crippen LogP contribution in [0.2, 0.25) is 0 Å². The highest BCUT2D eigenvalue weighted by Gasteiger charge is 2.27. The molecule has 0 bridgehead atoms. The lowest BCUT2D eigenvalue weighted by Crippen LogP contribution is -2.50. The van der Waals surface area contributed by atoms with Crippen LogP contribution in [-0.4, -0.2) is 18.1 Å². The highest BCUT2D eigenvalue weighted by Crippen LogP contribution is 2.27. The highest BCUT2D eigenvalue weighted by atomic mass is 15.0. The van der Waals surface area contributed by atoms with Gasteiger partial charge in [0.15, 0.2) is 0 Å². The second-order valence-electron chi connectivity index (χ2n) is 6.39. The minimum absolute atomic E-state index is 0.253. The summed E-state index contributed by atoms with van der Waals surface area (Å²) in [5.74, 6) is 0.573. The van der Waals surface area contributed by atoms with Crippen molar-refractivity contribution in [3.05, 3.63) is 29.8 Å². The maximum absolute atomic E-state index is 3.75. The quantitative estimate of drug-likeness (QED) is 0.848. The number of anilines is 1. The summed E-state index contributed by atoms with van der Waals surface area (Å²) in [7, 11) is 0. The maximum atomic E-state index is 3.75. The monoisotopic (exact) mass is 246 g/mol. The summed E-state index contributed by atoms with van der Waals surface area (Å²) < 4.78 is 0. The number of hydrogen-bond acceptors (Lipinski definition) is 2. The third kappa shape index (κ3) is 3.26. The van der Waals surface area contributed by atoms with Crippen LogP contribution in [0.3, 0.4) is 0 Å². The van der Waals surface area contributed by atoms with Crippen LogP contribution in [0.25, 0.3) is 0 Å². The topological polar surface area (TPSA) is 24.1 Å². The van der Waals surface area contributed by atoms with Gasteiger partial charge in [0.1, 0.15) is 0 Å². The molecule has 18 heavy (non-hydrogen) atoms. The molecule has 2 rings (SSSR count). The standard InChI is InChI=1S/C16H26N2/c1-12(2)14-7-5-6-8-15(14)18-13-9-10-17-16(3,4)11-13/h5-8,12-13,17-18H,9-11H2,1-4H3. The van der Waals surface area contributed by atoms with E-state index in [1.807, 2.05) is 0 Å². The molecule has 1 saturated heterocycles. The van der Waals surface area contributed by atoms with E-state index in [1.54, 1.807) is 0 Å². The average molecular weight is 246 g/mol. The fourth-order valence-electron chi connectivity index (χ4n) is 2.85. The molecule has 1 aromatic rings. The Balaban J connectivity index is 2.09. The molecule has 1 aliphatic heterocycles. The van der Waals surface area contributed by atoms with Gasteiger partial charge in [0.2, 0.25) is 0 Å². The molecule has 0 aromatic heterocycles. The molecule has 0 aliphatic carbocycles. The zero-order valence-corrected chi connectivity index (χ0v) is 12.1. The zero-order chi connectivity index (χ0) is 13.2. The predicted molar refractivity (Wildman–Crippen MR) is 79.3 cm³/mol. The summed E-state index contributed by atoms with van der Waals surface area (Å²) in [6, 6.07) is 9.29. The Hall–Kier alpha value is -1.02. The van der Waals surface area contributed by atoms with E-state index in [-0.39, 0.29) is 5.54 Å². The van der Waals surface area contributed by atoms with E-state index in [0.29, 0.717) is 12.0 Å². The van der Waals surface area contributed by atoms with E-state index < -0.39 is 0 Å². The minimum atomic E-state index is 0.253. The molecule has 2 N–H and O–H groups in total. The molecule has 0 amide bonds. The van der Waals surface area contributed by atoms with Crippen LogP contribution in [0.15, 0.2) is 24.3 Å². The van der Waals surface area contributed by atoms with Gasteiger partial charge in [0, 0.05) is 17.3 Å². The van der Waals surface area contributed by atoms with Crippen LogP contribution < -0.4 is 10.6 Å². The summed E-state index contributed by atoms with van der Waals surface area (Å²) >= 11 is 0. The number of piperidine rings is 1. The Bertz CT molecular complexity index is 396. The van der Waals surface area contributed by atoms with E-state index in [9.17, 15) is 0 Å². The SMILES string of the molecule is CC(C)c1ccccc1NC1CCNC(C)(C)C1. The molecule has 1 aromatic carbocycles. The summed E-state index contributed by atoms with van der Waals surface area (Å²) in [5, 5.41) is 7.32. The van der Waals surface area contributed by atoms with Crippen LogP contribution in [0.5, 0.6) is 0 Å². The predicted octanol–water partition coefficient (Wildman–Crippen LogP) is 3.75. The van der Waals surface area contributed by atoms with Gasteiger partial charge in [0.25, 0.3) is 0 Å². The number of nitrogens with one attached hydrogen (secondary N) is 2. The van der Waals surface area contributed by atoms with E-state index >= 15 is 0 Å². The molecule has 0 saturated carbocycles. The molecular formula is C16H26N2. The molecule has 1 aliphatic rings. The molecule has 100 valence electrons. The first-order valence-corrected chi connectivity index (χ1v) is 7.08. The molecule has 0 spiro atoms. The third-order valence-electron chi connectivity index (χ3n) is 3.80. The lowest BCUT2D eigenvalue weighted by atomic mass is 9.89. The molecule has 2 heteroatoms. The highest BCUT2D eigenvalue weighted by molar-refractivity contribution is 5.53. The van der Waals surface area contributed by atoms with Crippen molar-refractivity contribution in [3.63, 3.8) is 0 Å². The first kappa shape index (κ1) is 13.4. The molecule has 1 fully saturated rings. The maximum Gasteiger partial charge on any atom is 0.0377 e. The summed E-state index contributed by atoms with van der Waals surface area (Å²) in [4.78, 5) is 0. The Labute approximate surface area is 111 Å². The van der Waals surface area contributed by atoms with E-state index in [0.717, 1.165) is 6.54 Å². The second kappa shape index (κ2) is 5.31. The van der Waals surface area contributed by atoms with Crippen LogP contribution >= 0.6 is 0 Å². The van der Waals surface area contributed by atoms with Crippen LogP contribution in [0, 0.1) is 0 Å². The normalized spacial score (nSPS) is 23.1. The van der Waals surface area contributed by atoms with Crippen molar-refractivity contribution >= 4 is 5.69 Å². The van der Waals surface area contributed by atoms with Crippen molar-refractivity contribution < 1.29 is 0 Å². The van der Waals surface area contributed by atoms with Gasteiger partial charge >= 0.3 is 0 Å². The Morgan fingerprint density at radius 1 is 1.28 bits per heavy atom. The molecule has 1 heterocycles. The van der Waals surface area contributed by atoms with Gasteiger partial charge in [0.05, 0.1) is 0 Å². The molecular weight excluding hydrogens is 220 g/mol. The summed E-state index contributed by atoms with van der Waals surface area (Å²) in [6.07, 6.45) is 2.38. The molecule has 2 nitrogen and oxygen atoms in total. The van der Waals surface area contributed by atoms with Gasteiger partial charge < -0.3 is 10.6 Å². The molecule has 1 unspecified atom stereocenters. The van der Waals surface area contributed by atoms with Crippen molar-refractivity contribution in [2.45, 2.75) is 58.0 Å². The molecule has 0 radical (unpaired) electrons. The van der Waals surface area contributed by atoms with Crippen molar-refractivity contribution in [1.29, 1.82) is 0 Å². The number of hydrogen-bond donors (Lipinski definition) is 2. The molecule has 1 atom stereocenters. The number of rotatable bonds is 3. The van der Waals surface area contributed by atoms with Crippen LogP contribution in [-0.2, 0) is 0 Å². The average Bonchev–Trinajstić information content (AvgIpc) is 2.28. The van der Waals surface area contributed by atoms with Gasteiger partial charge in [-0.25, -0.2) is 0 Å². The number of benzene rings is 1. The van der Waals surface area contributed by atoms with Crippen molar-refractivity contribution in [1.82, 2.24) is 5.32 Å². The van der Waals surface area contributed by atoms with E-state index in [2.05, 4.69) is 62.6 Å². The number of para-hydroxylation sites is 1. The Morgan fingerprint density at radius 3 is 2.67 bits per heavy atom. The lowest BCUT2D eigenvalue weighted by Gasteiger charge is -2.37. The van der Waals surface area contributed by atoms with Gasteiger partial charge in [-0.15, -0.1) is 0 Å². The smallest absolute Gasteiger partial charge is 0.0377 e. The van der Waals surface area contributed by atoms with Gasteiger partial charge in [-0.05, 0) is 50.8 Å². The Morgan fingerprint density at radius 2 is 2.00 bits per heavy atom. The van der Waals surface area contributed by atoms with Crippen LogP contribution in [0.1, 0.15) is 52.0 Å². The van der Waals surface area contributed by atoms with Crippen molar-refractivity contribution in [2.24, 2.45) is 0 Å². The summed E-state index contributed by atoms with van der Waals surface area (Å²) in [6.45, 7) is 10.2. The van der Waals surface area contributed by atoms with Crippen molar-refractivity contribution in [3.8, 4) is 0 Å². The van der Waals surface area contributed by atoms with Gasteiger partial charge in [-0.3, -0.25) is 0 Å². The first-order valence-electron chi connectivity index (χ1n) is 7.08. The lowest BCUT2D eigenvalue weighted by molar-refractivity contribution is 0.286. The minimum Gasteiger partial charge on any atom is -0.382 e. The van der Waals surface area contributed by atoms with Crippen molar-refractivity contribution in [2.75, 3.05) is 11.9 Å². The largest absolute Gasteiger partial charge is 0.382 e. The van der Waals surface area contributed by atoms with E-state index in [1.165, 1.54) is 24.1 Å². The summed E-state index contributed by atoms with van der Waals surface area (Å²) in [5.41, 5.74) is 2.99. The van der Waals surface area contributed by atoms with Gasteiger partial charge in [-0.2, -0.15) is 0 Å².